The number of anilines is 1. The Balaban J connectivity index is 1.24. The summed E-state index contributed by atoms with van der Waals surface area (Å²) in [7, 11) is -1.11. The summed E-state index contributed by atoms with van der Waals surface area (Å²) in [5.41, 5.74) is 3.52. The summed E-state index contributed by atoms with van der Waals surface area (Å²) in [4.78, 5) is 29.5. The highest BCUT2D eigenvalue weighted by atomic mass is 35.5. The van der Waals surface area contributed by atoms with Crippen molar-refractivity contribution in [3.63, 3.8) is 0 Å². The van der Waals surface area contributed by atoms with Gasteiger partial charge in [0, 0.05) is 49.7 Å². The first-order chi connectivity index (χ1) is 26.5. The van der Waals surface area contributed by atoms with Crippen molar-refractivity contribution in [1.29, 1.82) is 0 Å². The second kappa shape index (κ2) is 16.7. The van der Waals surface area contributed by atoms with Crippen LogP contribution < -0.4 is 14.4 Å². The minimum absolute atomic E-state index is 0.0183. The number of ether oxygens (including phenoxy) is 4. The summed E-state index contributed by atoms with van der Waals surface area (Å²) in [6.07, 6.45) is 8.29. The molecular weight excluding hydrogens is 740 g/mol. The molecule has 0 saturated heterocycles. The van der Waals surface area contributed by atoms with Crippen LogP contribution in [0, 0.1) is 17.8 Å². The molecule has 2 heterocycles. The molecule has 1 N–H and O–H groups in total. The zero-order chi connectivity index (χ0) is 38.7. The van der Waals surface area contributed by atoms with E-state index in [9.17, 15) is 18.0 Å². The van der Waals surface area contributed by atoms with E-state index in [4.69, 9.17) is 30.5 Å². The number of sulfonamides is 1. The van der Waals surface area contributed by atoms with E-state index >= 15 is 0 Å². The molecule has 3 aromatic rings. The van der Waals surface area contributed by atoms with Crippen molar-refractivity contribution < 1.29 is 37.0 Å². The van der Waals surface area contributed by atoms with Crippen molar-refractivity contribution in [3.8, 4) is 5.75 Å². The lowest BCUT2D eigenvalue weighted by Crippen LogP contribution is -2.49. The predicted molar refractivity (Wildman–Crippen MR) is 212 cm³/mol. The van der Waals surface area contributed by atoms with E-state index in [1.165, 1.54) is 18.2 Å². The molecule has 2 aliphatic heterocycles. The van der Waals surface area contributed by atoms with Gasteiger partial charge in [-0.1, -0.05) is 54.9 Å². The molecule has 10 nitrogen and oxygen atoms in total. The third kappa shape index (κ3) is 8.45. The van der Waals surface area contributed by atoms with Gasteiger partial charge in [-0.3, -0.25) is 4.79 Å². The SMILES string of the molecule is COC[C@H](C[C@@H]1[C@@H](C)C/C=C/[C@H](OC)[C@@H]2CC[C@H]2CN2C[C@@]3(CCCc4cc(Cl)ccc43)COc3ccc(cc32)C(=O)NS1(=O)=O)OC(=O)c1ccccc1. The molecule has 2 aliphatic carbocycles. The van der Waals surface area contributed by atoms with Crippen LogP contribution in [-0.2, 0) is 36.1 Å². The van der Waals surface area contributed by atoms with Gasteiger partial charge in [-0.05, 0) is 110 Å². The molecule has 4 aliphatic rings. The second-order valence-corrected chi connectivity index (χ2v) is 18.1. The Hall–Kier alpha value is -3.90. The Bertz CT molecular complexity index is 2010. The van der Waals surface area contributed by atoms with Gasteiger partial charge in [-0.25, -0.2) is 17.9 Å². The number of fused-ring (bicyclic) bond motifs is 4. The number of hydrogen-bond acceptors (Lipinski definition) is 9. The maximum atomic E-state index is 14.3. The molecule has 0 unspecified atom stereocenters. The average Bonchev–Trinajstić information content (AvgIpc) is 3.31. The Labute approximate surface area is 329 Å². The average molecular weight is 791 g/mol. The number of methoxy groups -OCH3 is 2. The van der Waals surface area contributed by atoms with Crippen LogP contribution in [0.2, 0.25) is 5.02 Å². The van der Waals surface area contributed by atoms with Crippen molar-refractivity contribution in [2.75, 3.05) is 45.4 Å². The summed E-state index contributed by atoms with van der Waals surface area (Å²) in [6.45, 7) is 3.71. The number of benzene rings is 3. The number of halogens is 1. The third-order valence-electron chi connectivity index (χ3n) is 12.2. The monoisotopic (exact) mass is 790 g/mol. The maximum Gasteiger partial charge on any atom is 0.338 e. The quantitative estimate of drug-likeness (QED) is 0.197. The highest BCUT2D eigenvalue weighted by Gasteiger charge is 2.45. The molecule has 0 radical (unpaired) electrons. The molecule has 1 amide bonds. The number of aryl methyl sites for hydroxylation is 1. The molecule has 294 valence electrons. The molecular formula is C43H51ClN2O8S. The molecule has 1 spiro atoms. The van der Waals surface area contributed by atoms with Crippen molar-refractivity contribution in [3.05, 3.63) is 106 Å². The fourth-order valence-corrected chi connectivity index (χ4v) is 11.0. The normalized spacial score (nSPS) is 28.6. The molecule has 0 aromatic heterocycles. The minimum Gasteiger partial charge on any atom is -0.490 e. The predicted octanol–water partition coefficient (Wildman–Crippen LogP) is 7.14. The van der Waals surface area contributed by atoms with Crippen LogP contribution in [0.3, 0.4) is 0 Å². The van der Waals surface area contributed by atoms with Gasteiger partial charge < -0.3 is 23.8 Å². The van der Waals surface area contributed by atoms with E-state index in [1.54, 1.807) is 55.6 Å². The molecule has 3 aromatic carbocycles. The number of carbonyl (C=O) groups is 2. The highest BCUT2D eigenvalue weighted by Crippen LogP contribution is 2.47. The topological polar surface area (TPSA) is 120 Å². The van der Waals surface area contributed by atoms with Crippen LogP contribution in [0.15, 0.2) is 78.9 Å². The zero-order valence-corrected chi connectivity index (χ0v) is 33.3. The first kappa shape index (κ1) is 39.3. The molecule has 1 saturated carbocycles. The van der Waals surface area contributed by atoms with Gasteiger partial charge in [-0.15, -0.1) is 0 Å². The van der Waals surface area contributed by atoms with Crippen molar-refractivity contribution in [2.45, 2.75) is 74.7 Å². The number of esters is 1. The van der Waals surface area contributed by atoms with E-state index in [0.29, 0.717) is 36.8 Å². The van der Waals surface area contributed by atoms with Gasteiger partial charge in [0.25, 0.3) is 5.91 Å². The van der Waals surface area contributed by atoms with E-state index in [0.717, 1.165) is 49.4 Å². The van der Waals surface area contributed by atoms with Crippen LogP contribution in [0.1, 0.15) is 77.3 Å². The number of hydrogen-bond donors (Lipinski definition) is 1. The number of nitrogens with zero attached hydrogens (tertiary/aromatic N) is 1. The van der Waals surface area contributed by atoms with E-state index in [1.807, 2.05) is 19.1 Å². The lowest BCUT2D eigenvalue weighted by Gasteiger charge is -2.46. The summed E-state index contributed by atoms with van der Waals surface area (Å²) in [5, 5.41) is -0.380. The van der Waals surface area contributed by atoms with E-state index < -0.39 is 39.2 Å². The third-order valence-corrected chi connectivity index (χ3v) is 14.3. The molecule has 1 fully saturated rings. The second-order valence-electron chi connectivity index (χ2n) is 15.7. The summed E-state index contributed by atoms with van der Waals surface area (Å²) in [5.74, 6) is -0.520. The maximum absolute atomic E-state index is 14.3. The first-order valence-electron chi connectivity index (χ1n) is 19.3. The minimum atomic E-state index is -4.31. The Kier molecular flexibility index (Phi) is 11.9. The Morgan fingerprint density at radius 2 is 1.91 bits per heavy atom. The van der Waals surface area contributed by atoms with E-state index in [2.05, 4.69) is 27.8 Å². The zero-order valence-electron chi connectivity index (χ0n) is 31.7. The number of carbonyl (C=O) groups excluding carboxylic acids is 2. The Morgan fingerprint density at radius 1 is 1.09 bits per heavy atom. The molecule has 7 atom stereocenters. The Morgan fingerprint density at radius 3 is 2.65 bits per heavy atom. The van der Waals surface area contributed by atoms with E-state index in [-0.39, 0.29) is 36.0 Å². The molecule has 7 rings (SSSR count). The standard InChI is InChI=1S/C43H51ClN2O8S/c1-28-9-7-13-38(52-3)35-17-14-32(35)24-46-26-43(20-8-12-30-21-33(44)16-18-36(30)43)27-53-39-19-15-31(22-37(39)46)41(47)45-55(49,50)40(28)23-34(25-51-2)54-42(48)29-10-5-4-6-11-29/h4-7,10-11,13,15-16,18-19,21-22,28,32,34-35,38,40H,8-9,12,14,17,20,23-27H2,1-3H3,(H,45,47)/b13-7+/t28-,32-,34-,35+,38-,40+,43-/m0/s1. The number of amides is 1. The fourth-order valence-electron chi connectivity index (χ4n) is 9.09. The van der Waals surface area contributed by atoms with Gasteiger partial charge in [0.05, 0.1) is 35.8 Å². The number of rotatable bonds is 7. The van der Waals surface area contributed by atoms with Gasteiger partial charge in [-0.2, -0.15) is 0 Å². The van der Waals surface area contributed by atoms with Gasteiger partial charge in [0.1, 0.15) is 11.9 Å². The van der Waals surface area contributed by atoms with Crippen LogP contribution in [0.5, 0.6) is 5.75 Å². The largest absolute Gasteiger partial charge is 0.490 e. The van der Waals surface area contributed by atoms with Crippen molar-refractivity contribution in [1.82, 2.24) is 4.72 Å². The first-order valence-corrected chi connectivity index (χ1v) is 21.2. The fraction of sp³-hybridized carbons (Fsp3) is 0.488. The van der Waals surface area contributed by atoms with Crippen LogP contribution >= 0.6 is 11.6 Å². The van der Waals surface area contributed by atoms with Crippen molar-refractivity contribution in [2.24, 2.45) is 17.8 Å². The number of allylic oxidation sites excluding steroid dienone is 1. The van der Waals surface area contributed by atoms with Crippen LogP contribution in [-0.4, -0.2) is 78.3 Å². The lowest BCUT2D eigenvalue weighted by molar-refractivity contribution is 0.00165. The summed E-state index contributed by atoms with van der Waals surface area (Å²) < 4.78 is 55.0. The smallest absolute Gasteiger partial charge is 0.338 e. The van der Waals surface area contributed by atoms with Crippen LogP contribution in [0.4, 0.5) is 5.69 Å². The highest BCUT2D eigenvalue weighted by molar-refractivity contribution is 7.90. The molecule has 55 heavy (non-hydrogen) atoms. The summed E-state index contributed by atoms with van der Waals surface area (Å²) in [6, 6.07) is 19.9. The molecule has 12 heteroatoms. The lowest BCUT2D eigenvalue weighted by atomic mass is 9.68. The molecule has 2 bridgehead atoms. The van der Waals surface area contributed by atoms with Gasteiger partial charge in [0.15, 0.2) is 0 Å². The van der Waals surface area contributed by atoms with Gasteiger partial charge in [0.2, 0.25) is 10.0 Å². The van der Waals surface area contributed by atoms with Crippen molar-refractivity contribution >= 4 is 39.2 Å². The van der Waals surface area contributed by atoms with Gasteiger partial charge >= 0.3 is 5.97 Å². The number of nitrogens with one attached hydrogen (secondary N) is 1. The summed E-state index contributed by atoms with van der Waals surface area (Å²) >= 11 is 6.46. The van der Waals surface area contributed by atoms with Crippen LogP contribution in [0.25, 0.3) is 0 Å².